The van der Waals surface area contributed by atoms with E-state index in [1.165, 1.54) is 4.90 Å². The second-order valence-corrected chi connectivity index (χ2v) is 6.40. The molecule has 1 heterocycles. The summed E-state index contributed by atoms with van der Waals surface area (Å²) >= 11 is 0. The van der Waals surface area contributed by atoms with Crippen LogP contribution in [0.2, 0.25) is 0 Å². The topological polar surface area (TPSA) is 65.1 Å². The normalized spacial score (nSPS) is 18.9. The van der Waals surface area contributed by atoms with Crippen LogP contribution in [0.4, 0.5) is 4.79 Å². The van der Waals surface area contributed by atoms with Gasteiger partial charge in [-0.3, -0.25) is 4.90 Å². The molecule has 0 saturated carbocycles. The van der Waals surface area contributed by atoms with E-state index in [4.69, 9.17) is 14.2 Å². The van der Waals surface area contributed by atoms with Crippen LogP contribution < -0.4 is 0 Å². The third-order valence-electron chi connectivity index (χ3n) is 4.53. The second-order valence-electron chi connectivity index (χ2n) is 6.40. The molecule has 6 nitrogen and oxygen atoms in total. The molecule has 1 aliphatic rings. The van der Waals surface area contributed by atoms with E-state index in [9.17, 15) is 9.59 Å². The first-order valence-corrected chi connectivity index (χ1v) is 8.88. The highest BCUT2D eigenvalue weighted by molar-refractivity contribution is 5.82. The van der Waals surface area contributed by atoms with Crippen molar-refractivity contribution in [3.05, 3.63) is 71.8 Å². The summed E-state index contributed by atoms with van der Waals surface area (Å²) in [4.78, 5) is 26.4. The number of benzene rings is 2. The molecule has 1 saturated heterocycles. The molecular weight excluding hydrogens is 346 g/mol. The minimum absolute atomic E-state index is 0.152. The Labute approximate surface area is 158 Å². The maximum Gasteiger partial charge on any atom is 0.410 e. The Morgan fingerprint density at radius 1 is 0.926 bits per heavy atom. The number of methoxy groups -OCH3 is 1. The number of carbonyl (C=O) groups excluding carboxylic acids is 2. The SMILES string of the molecule is COC1CC(C(=O)OCc2ccccc2)N(C(=O)OCc2ccccc2)C1. The van der Waals surface area contributed by atoms with Gasteiger partial charge < -0.3 is 14.2 Å². The molecule has 3 rings (SSSR count). The number of nitrogens with zero attached hydrogens (tertiary/aromatic N) is 1. The maximum atomic E-state index is 12.5. The van der Waals surface area contributed by atoms with Crippen LogP contribution in [0.3, 0.4) is 0 Å². The molecule has 1 fully saturated rings. The number of likely N-dealkylation sites (tertiary alicyclic amines) is 1. The number of amides is 1. The lowest BCUT2D eigenvalue weighted by atomic mass is 10.2. The van der Waals surface area contributed by atoms with Crippen molar-refractivity contribution in [3.63, 3.8) is 0 Å². The fourth-order valence-corrected chi connectivity index (χ4v) is 3.02. The molecule has 2 unspecified atom stereocenters. The van der Waals surface area contributed by atoms with Gasteiger partial charge in [0.1, 0.15) is 19.3 Å². The number of esters is 1. The molecule has 27 heavy (non-hydrogen) atoms. The van der Waals surface area contributed by atoms with Gasteiger partial charge in [-0.2, -0.15) is 0 Å². The highest BCUT2D eigenvalue weighted by Crippen LogP contribution is 2.23. The fraction of sp³-hybridized carbons (Fsp3) is 0.333. The first kappa shape index (κ1) is 18.9. The molecule has 2 aromatic rings. The van der Waals surface area contributed by atoms with Crippen LogP contribution in [0.15, 0.2) is 60.7 Å². The van der Waals surface area contributed by atoms with E-state index in [2.05, 4.69) is 0 Å². The lowest BCUT2D eigenvalue weighted by Crippen LogP contribution is -2.41. The van der Waals surface area contributed by atoms with Gasteiger partial charge in [-0.05, 0) is 11.1 Å². The van der Waals surface area contributed by atoms with E-state index in [-0.39, 0.29) is 19.3 Å². The zero-order chi connectivity index (χ0) is 19.1. The van der Waals surface area contributed by atoms with Crippen molar-refractivity contribution in [1.29, 1.82) is 0 Å². The molecule has 1 amide bonds. The third kappa shape index (κ3) is 5.08. The summed E-state index contributed by atoms with van der Waals surface area (Å²) in [5.41, 5.74) is 1.78. The van der Waals surface area contributed by atoms with Crippen molar-refractivity contribution in [2.75, 3.05) is 13.7 Å². The Balaban J connectivity index is 1.59. The molecule has 0 radical (unpaired) electrons. The van der Waals surface area contributed by atoms with E-state index in [1.807, 2.05) is 60.7 Å². The van der Waals surface area contributed by atoms with Crippen LogP contribution in [0, 0.1) is 0 Å². The number of hydrogen-bond acceptors (Lipinski definition) is 5. The van der Waals surface area contributed by atoms with Gasteiger partial charge in [0.15, 0.2) is 0 Å². The zero-order valence-corrected chi connectivity index (χ0v) is 15.2. The quantitative estimate of drug-likeness (QED) is 0.732. The molecule has 142 valence electrons. The van der Waals surface area contributed by atoms with Gasteiger partial charge in [0.05, 0.1) is 12.6 Å². The molecular formula is C21H23NO5. The maximum absolute atomic E-state index is 12.5. The Bertz CT molecular complexity index is 686. The lowest BCUT2D eigenvalue weighted by Gasteiger charge is -2.22. The molecule has 2 aromatic carbocycles. The highest BCUT2D eigenvalue weighted by Gasteiger charge is 2.41. The predicted octanol–water partition coefficient (Wildman–Crippen LogP) is 3.16. The van der Waals surface area contributed by atoms with Gasteiger partial charge >= 0.3 is 12.1 Å². The van der Waals surface area contributed by atoms with E-state index in [0.29, 0.717) is 13.0 Å². The van der Waals surface area contributed by atoms with Gasteiger partial charge in [-0.25, -0.2) is 9.59 Å². The van der Waals surface area contributed by atoms with Crippen LogP contribution in [-0.2, 0) is 32.2 Å². The van der Waals surface area contributed by atoms with Crippen molar-refractivity contribution < 1.29 is 23.8 Å². The van der Waals surface area contributed by atoms with E-state index < -0.39 is 18.1 Å². The van der Waals surface area contributed by atoms with Crippen LogP contribution in [0.5, 0.6) is 0 Å². The molecule has 1 aliphatic heterocycles. The van der Waals surface area contributed by atoms with Gasteiger partial charge in [-0.15, -0.1) is 0 Å². The van der Waals surface area contributed by atoms with Crippen LogP contribution >= 0.6 is 0 Å². The van der Waals surface area contributed by atoms with Crippen LogP contribution in [0.25, 0.3) is 0 Å². The lowest BCUT2D eigenvalue weighted by molar-refractivity contribution is -0.149. The van der Waals surface area contributed by atoms with Crippen molar-refractivity contribution in [3.8, 4) is 0 Å². The standard InChI is InChI=1S/C21H23NO5/c1-25-18-12-19(20(23)26-14-16-8-4-2-5-9-16)22(13-18)21(24)27-15-17-10-6-3-7-11-17/h2-11,18-19H,12-15H2,1H3. The average molecular weight is 369 g/mol. The summed E-state index contributed by atoms with van der Waals surface area (Å²) in [6, 6.07) is 18.1. The molecule has 6 heteroatoms. The van der Waals surface area contributed by atoms with Crippen LogP contribution in [-0.4, -0.2) is 42.8 Å². The number of rotatable bonds is 6. The van der Waals surface area contributed by atoms with E-state index in [0.717, 1.165) is 11.1 Å². The third-order valence-corrected chi connectivity index (χ3v) is 4.53. The molecule has 0 aliphatic carbocycles. The smallest absolute Gasteiger partial charge is 0.410 e. The molecule has 0 bridgehead atoms. The summed E-state index contributed by atoms with van der Waals surface area (Å²) in [6.07, 6.45) is -0.367. The Hall–Kier alpha value is -2.86. The average Bonchev–Trinajstić information content (AvgIpc) is 3.16. The highest BCUT2D eigenvalue weighted by atomic mass is 16.6. The first-order valence-electron chi connectivity index (χ1n) is 8.88. The summed E-state index contributed by atoms with van der Waals surface area (Å²) in [5.74, 6) is -0.449. The molecule has 0 spiro atoms. The summed E-state index contributed by atoms with van der Waals surface area (Å²) in [5, 5.41) is 0. The monoisotopic (exact) mass is 369 g/mol. The van der Waals surface area contributed by atoms with Crippen molar-refractivity contribution in [1.82, 2.24) is 4.90 Å². The van der Waals surface area contributed by atoms with Gasteiger partial charge in [0.25, 0.3) is 0 Å². The largest absolute Gasteiger partial charge is 0.459 e. The van der Waals surface area contributed by atoms with Crippen LogP contribution in [0.1, 0.15) is 17.5 Å². The number of hydrogen-bond donors (Lipinski definition) is 0. The Morgan fingerprint density at radius 3 is 2.04 bits per heavy atom. The summed E-state index contributed by atoms with van der Waals surface area (Å²) in [6.45, 7) is 0.621. The number of carbonyl (C=O) groups is 2. The Kier molecular flexibility index (Phi) is 6.44. The number of ether oxygens (including phenoxy) is 3. The summed E-state index contributed by atoms with van der Waals surface area (Å²) < 4.78 is 16.1. The minimum Gasteiger partial charge on any atom is -0.459 e. The van der Waals surface area contributed by atoms with Crippen molar-refractivity contribution in [2.45, 2.75) is 31.8 Å². The Morgan fingerprint density at radius 2 is 1.48 bits per heavy atom. The summed E-state index contributed by atoms with van der Waals surface area (Å²) in [7, 11) is 1.57. The van der Waals surface area contributed by atoms with Gasteiger partial charge in [-0.1, -0.05) is 60.7 Å². The van der Waals surface area contributed by atoms with Gasteiger partial charge in [0.2, 0.25) is 0 Å². The zero-order valence-electron chi connectivity index (χ0n) is 15.2. The van der Waals surface area contributed by atoms with E-state index in [1.54, 1.807) is 7.11 Å². The second kappa shape index (κ2) is 9.19. The first-order chi connectivity index (χ1) is 13.2. The molecule has 0 aromatic heterocycles. The fourth-order valence-electron chi connectivity index (χ4n) is 3.02. The predicted molar refractivity (Wildman–Crippen MR) is 98.8 cm³/mol. The van der Waals surface area contributed by atoms with Crippen molar-refractivity contribution >= 4 is 12.1 Å². The van der Waals surface area contributed by atoms with E-state index >= 15 is 0 Å². The van der Waals surface area contributed by atoms with Crippen molar-refractivity contribution in [2.24, 2.45) is 0 Å². The van der Waals surface area contributed by atoms with Gasteiger partial charge in [0, 0.05) is 13.5 Å². The molecule has 2 atom stereocenters. The molecule has 0 N–H and O–H groups in total. The minimum atomic E-state index is -0.707.